The van der Waals surface area contributed by atoms with Crippen LogP contribution in [0, 0.1) is 0 Å². The Morgan fingerprint density at radius 2 is 2.05 bits per heavy atom. The van der Waals surface area contributed by atoms with Gasteiger partial charge in [0, 0.05) is 25.2 Å². The highest BCUT2D eigenvalue weighted by Gasteiger charge is 2.28. The minimum Gasteiger partial charge on any atom is -0.480 e. The van der Waals surface area contributed by atoms with Crippen LogP contribution in [0.2, 0.25) is 0 Å². The molecule has 40 heavy (non-hydrogen) atoms. The molecule has 4 N–H and O–H groups in total. The predicted molar refractivity (Wildman–Crippen MR) is 149 cm³/mol. The molecule has 0 aliphatic rings. The lowest BCUT2D eigenvalue weighted by atomic mass is 10.1. The molecule has 0 unspecified atom stereocenters. The molecule has 1 atom stereocenters. The SMILES string of the molecule is O=C(O)[C@H](Cc1nc2ccc(/C=C/CNc3ccccn3)cc2c(=O)[nH]1)NS(=O)(=O)c1ccc(-c2ccon2)s1. The molecule has 12 nitrogen and oxygen atoms in total. The van der Waals surface area contributed by atoms with E-state index in [1.807, 2.05) is 30.4 Å². The number of pyridine rings is 1. The molecule has 14 heteroatoms. The third kappa shape index (κ3) is 6.31. The zero-order valence-corrected chi connectivity index (χ0v) is 22.3. The van der Waals surface area contributed by atoms with E-state index in [-0.39, 0.29) is 16.5 Å². The number of carboxylic acids is 1. The molecule has 4 heterocycles. The number of sulfonamides is 1. The van der Waals surface area contributed by atoms with Gasteiger partial charge in [0.05, 0.1) is 15.8 Å². The van der Waals surface area contributed by atoms with Crippen molar-refractivity contribution in [1.29, 1.82) is 0 Å². The summed E-state index contributed by atoms with van der Waals surface area (Å²) in [6.45, 7) is 0.530. The summed E-state index contributed by atoms with van der Waals surface area (Å²) in [5, 5.41) is 16.9. The summed E-state index contributed by atoms with van der Waals surface area (Å²) in [6.07, 6.45) is 6.41. The highest BCUT2D eigenvalue weighted by atomic mass is 32.2. The second kappa shape index (κ2) is 11.6. The van der Waals surface area contributed by atoms with Gasteiger partial charge in [0.1, 0.15) is 33.9 Å². The van der Waals surface area contributed by atoms with E-state index < -0.39 is 27.6 Å². The monoisotopic (exact) mass is 578 g/mol. The number of hydrogen-bond acceptors (Lipinski definition) is 10. The summed E-state index contributed by atoms with van der Waals surface area (Å²) < 4.78 is 32.7. The van der Waals surface area contributed by atoms with Gasteiger partial charge in [0.15, 0.2) is 0 Å². The second-order valence-corrected chi connectivity index (χ2v) is 11.5. The molecule has 0 bridgehead atoms. The van der Waals surface area contributed by atoms with Crippen molar-refractivity contribution < 1.29 is 22.8 Å². The van der Waals surface area contributed by atoms with E-state index >= 15 is 0 Å². The number of aromatic nitrogens is 4. The molecule has 0 amide bonds. The van der Waals surface area contributed by atoms with Crippen molar-refractivity contribution in [2.24, 2.45) is 0 Å². The van der Waals surface area contributed by atoms with Crippen LogP contribution in [0.1, 0.15) is 11.4 Å². The average Bonchev–Trinajstić information content (AvgIpc) is 3.65. The van der Waals surface area contributed by atoms with E-state index in [0.717, 1.165) is 22.7 Å². The van der Waals surface area contributed by atoms with E-state index in [9.17, 15) is 23.1 Å². The Morgan fingerprint density at radius 1 is 1.18 bits per heavy atom. The summed E-state index contributed by atoms with van der Waals surface area (Å²) in [6, 6.07) is 13.6. The van der Waals surface area contributed by atoms with Gasteiger partial charge in [-0.25, -0.2) is 18.4 Å². The number of anilines is 1. The quantitative estimate of drug-likeness (QED) is 0.182. The van der Waals surface area contributed by atoms with Gasteiger partial charge in [-0.2, -0.15) is 4.72 Å². The molecule has 0 aliphatic carbocycles. The Balaban J connectivity index is 1.29. The zero-order valence-electron chi connectivity index (χ0n) is 20.6. The molecule has 5 aromatic rings. The molecule has 1 aromatic carbocycles. The Kier molecular flexibility index (Phi) is 7.82. The number of carboxylic acid groups (broad SMARTS) is 1. The summed E-state index contributed by atoms with van der Waals surface area (Å²) in [5.74, 6) is -0.642. The molecule has 0 aliphatic heterocycles. The molecule has 0 saturated carbocycles. The van der Waals surface area contributed by atoms with Crippen molar-refractivity contribution in [1.82, 2.24) is 24.8 Å². The van der Waals surface area contributed by atoms with Crippen LogP contribution in [0.5, 0.6) is 0 Å². The number of carbonyl (C=O) groups is 1. The van der Waals surface area contributed by atoms with Crippen molar-refractivity contribution in [2.75, 3.05) is 11.9 Å². The van der Waals surface area contributed by atoms with Gasteiger partial charge in [0.25, 0.3) is 15.6 Å². The number of aliphatic carboxylic acids is 1. The van der Waals surface area contributed by atoms with Crippen LogP contribution in [0.3, 0.4) is 0 Å². The third-order valence-corrected chi connectivity index (χ3v) is 8.76. The van der Waals surface area contributed by atoms with E-state index in [4.69, 9.17) is 4.52 Å². The van der Waals surface area contributed by atoms with Crippen LogP contribution in [-0.4, -0.2) is 52.2 Å². The van der Waals surface area contributed by atoms with Gasteiger partial charge in [-0.1, -0.05) is 29.4 Å². The number of benzene rings is 1. The Hall–Kier alpha value is -4.66. The first kappa shape index (κ1) is 26.9. The van der Waals surface area contributed by atoms with E-state index in [1.165, 1.54) is 12.3 Å². The van der Waals surface area contributed by atoms with E-state index in [0.29, 0.717) is 28.0 Å². The molecule has 0 radical (unpaired) electrons. The van der Waals surface area contributed by atoms with Crippen molar-refractivity contribution >= 4 is 50.1 Å². The minimum atomic E-state index is -4.19. The lowest BCUT2D eigenvalue weighted by Crippen LogP contribution is -2.42. The molecule has 4 aromatic heterocycles. The van der Waals surface area contributed by atoms with Crippen molar-refractivity contribution in [2.45, 2.75) is 16.7 Å². The zero-order chi connectivity index (χ0) is 28.1. The smallest absolute Gasteiger partial charge is 0.322 e. The Labute approximate surface area is 231 Å². The number of nitrogens with zero attached hydrogens (tertiary/aromatic N) is 3. The molecular formula is C26H22N6O6S2. The standard InChI is InChI=1S/C26H22N6O6S2/c33-25-17-14-16(4-3-12-28-22-5-1-2-11-27-22)6-7-18(17)29-23(30-25)15-20(26(34)35)32-40(36,37)24-9-8-21(39-24)19-10-13-38-31-19/h1-11,13-14,20,32H,12,15H2,(H,27,28)(H,34,35)(H,29,30,33)/b4-3+/t20-/m0/s1. The summed E-state index contributed by atoms with van der Waals surface area (Å²) in [4.78, 5) is 36.4. The summed E-state index contributed by atoms with van der Waals surface area (Å²) >= 11 is 0.917. The molecular weight excluding hydrogens is 556 g/mol. The van der Waals surface area contributed by atoms with E-state index in [1.54, 1.807) is 36.5 Å². The summed E-state index contributed by atoms with van der Waals surface area (Å²) in [5.41, 5.74) is 1.11. The predicted octanol–water partition coefficient (Wildman–Crippen LogP) is 3.13. The van der Waals surface area contributed by atoms with Crippen molar-refractivity contribution in [3.63, 3.8) is 0 Å². The van der Waals surface area contributed by atoms with Crippen LogP contribution < -0.4 is 15.6 Å². The maximum absolute atomic E-state index is 12.9. The number of H-pyrrole nitrogens is 1. The Morgan fingerprint density at radius 3 is 2.80 bits per heavy atom. The van der Waals surface area contributed by atoms with Gasteiger partial charge >= 0.3 is 5.97 Å². The maximum Gasteiger partial charge on any atom is 0.322 e. The fourth-order valence-electron chi connectivity index (χ4n) is 3.79. The van der Waals surface area contributed by atoms with Gasteiger partial charge in [0.2, 0.25) is 0 Å². The van der Waals surface area contributed by atoms with Crippen LogP contribution in [0.4, 0.5) is 5.82 Å². The van der Waals surface area contributed by atoms with Crippen LogP contribution in [0.25, 0.3) is 27.6 Å². The Bertz CT molecular complexity index is 1830. The second-order valence-electron chi connectivity index (χ2n) is 8.51. The molecule has 0 saturated heterocycles. The van der Waals surface area contributed by atoms with E-state index in [2.05, 4.69) is 30.1 Å². The average molecular weight is 579 g/mol. The third-order valence-electron chi connectivity index (χ3n) is 5.68. The largest absolute Gasteiger partial charge is 0.480 e. The topological polar surface area (TPSA) is 180 Å². The number of rotatable bonds is 11. The normalized spacial score (nSPS) is 12.6. The van der Waals surface area contributed by atoms with Crippen LogP contribution >= 0.6 is 11.3 Å². The number of aromatic amines is 1. The first-order chi connectivity index (χ1) is 19.3. The van der Waals surface area contributed by atoms with Crippen molar-refractivity contribution in [3.8, 4) is 10.6 Å². The van der Waals surface area contributed by atoms with Gasteiger partial charge in [-0.05, 0) is 42.0 Å². The van der Waals surface area contributed by atoms with Gasteiger partial charge in [-0.3, -0.25) is 9.59 Å². The lowest BCUT2D eigenvalue weighted by Gasteiger charge is -2.14. The van der Waals surface area contributed by atoms with Crippen LogP contribution in [-0.2, 0) is 21.2 Å². The number of hydrogen-bond donors (Lipinski definition) is 4. The first-order valence-corrected chi connectivity index (χ1v) is 14.2. The first-order valence-electron chi connectivity index (χ1n) is 11.9. The van der Waals surface area contributed by atoms with Crippen LogP contribution in [0.15, 0.2) is 86.7 Å². The highest BCUT2D eigenvalue weighted by molar-refractivity contribution is 7.91. The highest BCUT2D eigenvalue weighted by Crippen LogP contribution is 2.29. The van der Waals surface area contributed by atoms with Gasteiger partial charge in [-0.15, -0.1) is 11.3 Å². The number of fused-ring (bicyclic) bond motifs is 1. The molecule has 0 fully saturated rings. The fourth-order valence-corrected chi connectivity index (χ4v) is 6.26. The molecule has 0 spiro atoms. The number of thiophene rings is 1. The van der Waals surface area contributed by atoms with Crippen molar-refractivity contribution in [3.05, 3.63) is 94.9 Å². The minimum absolute atomic E-state index is 0.0323. The number of nitrogens with one attached hydrogen (secondary N) is 3. The molecule has 204 valence electrons. The summed E-state index contributed by atoms with van der Waals surface area (Å²) in [7, 11) is -4.19. The fraction of sp³-hybridized carbons (Fsp3) is 0.115. The molecule has 5 rings (SSSR count). The lowest BCUT2D eigenvalue weighted by molar-refractivity contribution is -0.139. The maximum atomic E-state index is 12.9. The van der Waals surface area contributed by atoms with Gasteiger partial charge < -0.3 is 19.9 Å².